The number of rotatable bonds is 3. The van der Waals surface area contributed by atoms with Crippen LogP contribution in [0.5, 0.6) is 0 Å². The molecule has 92 valence electrons. The summed E-state index contributed by atoms with van der Waals surface area (Å²) in [5.74, 6) is 0.737. The van der Waals surface area contributed by atoms with Crippen LogP contribution < -0.4 is 0 Å². The Labute approximate surface area is 110 Å². The Kier molecular flexibility index (Phi) is 4.15. The van der Waals surface area contributed by atoms with E-state index in [9.17, 15) is 4.79 Å². The van der Waals surface area contributed by atoms with Gasteiger partial charge in [-0.15, -0.1) is 0 Å². The Bertz CT molecular complexity index is 408. The second kappa shape index (κ2) is 5.63. The zero-order valence-corrected chi connectivity index (χ0v) is 11.6. The Balaban J connectivity index is 2.02. The van der Waals surface area contributed by atoms with Gasteiger partial charge in [-0.1, -0.05) is 19.4 Å². The number of halogens is 1. The van der Waals surface area contributed by atoms with Crippen molar-refractivity contribution in [1.29, 1.82) is 0 Å². The van der Waals surface area contributed by atoms with Gasteiger partial charge >= 0.3 is 0 Å². The number of hydrogen-bond acceptors (Lipinski definition) is 2. The molecule has 1 amide bonds. The molecule has 0 spiro atoms. The lowest BCUT2D eigenvalue weighted by molar-refractivity contribution is 0.0780. The van der Waals surface area contributed by atoms with Gasteiger partial charge in [0.15, 0.2) is 0 Å². The molecule has 0 radical (unpaired) electrons. The fraction of sp³-hybridized carbons (Fsp3) is 0.538. The van der Waals surface area contributed by atoms with E-state index < -0.39 is 0 Å². The van der Waals surface area contributed by atoms with Gasteiger partial charge in [-0.05, 0) is 46.8 Å². The molecule has 1 aromatic rings. The summed E-state index contributed by atoms with van der Waals surface area (Å²) < 4.78 is 0.715. The molecule has 1 aromatic heterocycles. The van der Waals surface area contributed by atoms with Gasteiger partial charge in [-0.25, -0.2) is 4.98 Å². The highest BCUT2D eigenvalue weighted by atomic mass is 79.9. The summed E-state index contributed by atoms with van der Waals surface area (Å²) in [5.41, 5.74) is 0.538. The third-order valence-corrected chi connectivity index (χ3v) is 3.65. The van der Waals surface area contributed by atoms with Gasteiger partial charge in [0.05, 0.1) is 0 Å². The van der Waals surface area contributed by atoms with Crippen LogP contribution in [0.3, 0.4) is 0 Å². The zero-order chi connectivity index (χ0) is 12.3. The summed E-state index contributed by atoms with van der Waals surface area (Å²) in [6.07, 6.45) is 3.55. The van der Waals surface area contributed by atoms with Crippen LogP contribution in [-0.2, 0) is 0 Å². The maximum atomic E-state index is 12.2. The van der Waals surface area contributed by atoms with E-state index in [-0.39, 0.29) is 5.91 Å². The standard InChI is InChI=1S/C13H17BrN2O/c1-2-4-10-7-8-16(9-10)13(17)11-5-3-6-12(14)15-11/h3,5-6,10H,2,4,7-9H2,1H3. The van der Waals surface area contributed by atoms with Crippen molar-refractivity contribution in [2.75, 3.05) is 13.1 Å². The average molecular weight is 297 g/mol. The highest BCUT2D eigenvalue weighted by molar-refractivity contribution is 9.10. The number of hydrogen-bond donors (Lipinski definition) is 0. The van der Waals surface area contributed by atoms with Gasteiger partial charge in [-0.3, -0.25) is 4.79 Å². The minimum atomic E-state index is 0.0601. The third kappa shape index (κ3) is 3.06. The average Bonchev–Trinajstić information content (AvgIpc) is 2.77. The summed E-state index contributed by atoms with van der Waals surface area (Å²) in [6.45, 7) is 3.96. The lowest BCUT2D eigenvalue weighted by Crippen LogP contribution is -2.29. The molecule has 4 heteroatoms. The molecular weight excluding hydrogens is 280 g/mol. The Morgan fingerprint density at radius 1 is 1.59 bits per heavy atom. The van der Waals surface area contributed by atoms with Crippen molar-refractivity contribution < 1.29 is 4.79 Å². The van der Waals surface area contributed by atoms with Gasteiger partial charge in [0.25, 0.3) is 5.91 Å². The fourth-order valence-corrected chi connectivity index (χ4v) is 2.69. The molecule has 1 unspecified atom stereocenters. The van der Waals surface area contributed by atoms with Crippen molar-refractivity contribution in [1.82, 2.24) is 9.88 Å². The Morgan fingerprint density at radius 3 is 3.12 bits per heavy atom. The quantitative estimate of drug-likeness (QED) is 0.803. The van der Waals surface area contributed by atoms with E-state index in [1.807, 2.05) is 17.0 Å². The van der Waals surface area contributed by atoms with E-state index in [4.69, 9.17) is 0 Å². The summed E-state index contributed by atoms with van der Waals surface area (Å²) in [5, 5.41) is 0. The summed E-state index contributed by atoms with van der Waals surface area (Å²) in [4.78, 5) is 18.3. The number of likely N-dealkylation sites (tertiary alicyclic amines) is 1. The second-order valence-electron chi connectivity index (χ2n) is 4.54. The van der Waals surface area contributed by atoms with Gasteiger partial charge in [0.2, 0.25) is 0 Å². The number of amides is 1. The molecule has 2 heterocycles. The molecule has 3 nitrogen and oxygen atoms in total. The van der Waals surface area contributed by atoms with E-state index >= 15 is 0 Å². The van der Waals surface area contributed by atoms with E-state index in [0.717, 1.165) is 19.5 Å². The Morgan fingerprint density at radius 2 is 2.41 bits per heavy atom. The van der Waals surface area contributed by atoms with Gasteiger partial charge in [0.1, 0.15) is 10.3 Å². The molecule has 0 saturated carbocycles. The monoisotopic (exact) mass is 296 g/mol. The second-order valence-corrected chi connectivity index (χ2v) is 5.35. The van der Waals surface area contributed by atoms with Crippen molar-refractivity contribution in [2.45, 2.75) is 26.2 Å². The van der Waals surface area contributed by atoms with E-state index in [1.165, 1.54) is 12.8 Å². The number of pyridine rings is 1. The summed E-state index contributed by atoms with van der Waals surface area (Å²) in [6, 6.07) is 5.46. The molecule has 1 aliphatic heterocycles. The highest BCUT2D eigenvalue weighted by Gasteiger charge is 2.26. The van der Waals surface area contributed by atoms with Crippen LogP contribution in [0.1, 0.15) is 36.7 Å². The number of aromatic nitrogens is 1. The van der Waals surface area contributed by atoms with E-state index in [2.05, 4.69) is 27.8 Å². The highest BCUT2D eigenvalue weighted by Crippen LogP contribution is 2.22. The topological polar surface area (TPSA) is 33.2 Å². The molecule has 2 rings (SSSR count). The number of carbonyl (C=O) groups is 1. The van der Waals surface area contributed by atoms with Gasteiger partial charge < -0.3 is 4.90 Å². The van der Waals surface area contributed by atoms with E-state index in [0.29, 0.717) is 16.2 Å². The molecule has 0 aliphatic carbocycles. The minimum Gasteiger partial charge on any atom is -0.337 e. The predicted molar refractivity (Wildman–Crippen MR) is 70.9 cm³/mol. The molecular formula is C13H17BrN2O. The first-order chi connectivity index (χ1) is 8.20. The van der Waals surface area contributed by atoms with Crippen molar-refractivity contribution in [3.8, 4) is 0 Å². The van der Waals surface area contributed by atoms with Crippen LogP contribution in [0, 0.1) is 5.92 Å². The summed E-state index contributed by atoms with van der Waals surface area (Å²) >= 11 is 3.29. The first-order valence-corrected chi connectivity index (χ1v) is 6.92. The Hall–Kier alpha value is -0.900. The van der Waals surface area contributed by atoms with Crippen molar-refractivity contribution >= 4 is 21.8 Å². The van der Waals surface area contributed by atoms with Crippen LogP contribution in [0.2, 0.25) is 0 Å². The molecule has 17 heavy (non-hydrogen) atoms. The zero-order valence-electron chi connectivity index (χ0n) is 10.0. The van der Waals surface area contributed by atoms with Crippen LogP contribution in [-0.4, -0.2) is 28.9 Å². The van der Waals surface area contributed by atoms with Crippen molar-refractivity contribution in [3.05, 3.63) is 28.5 Å². The maximum Gasteiger partial charge on any atom is 0.272 e. The largest absolute Gasteiger partial charge is 0.337 e. The lowest BCUT2D eigenvalue weighted by Gasteiger charge is -2.15. The van der Waals surface area contributed by atoms with Crippen molar-refractivity contribution in [3.63, 3.8) is 0 Å². The minimum absolute atomic E-state index is 0.0601. The molecule has 1 saturated heterocycles. The molecule has 0 N–H and O–H groups in total. The maximum absolute atomic E-state index is 12.2. The predicted octanol–water partition coefficient (Wildman–Crippen LogP) is 3.11. The summed E-state index contributed by atoms with van der Waals surface area (Å²) in [7, 11) is 0. The molecule has 1 atom stereocenters. The third-order valence-electron chi connectivity index (χ3n) is 3.20. The molecule has 1 aliphatic rings. The number of nitrogens with zero attached hydrogens (tertiary/aromatic N) is 2. The van der Waals surface area contributed by atoms with Gasteiger partial charge in [-0.2, -0.15) is 0 Å². The molecule has 0 bridgehead atoms. The fourth-order valence-electron chi connectivity index (χ4n) is 2.35. The van der Waals surface area contributed by atoms with Crippen LogP contribution in [0.15, 0.2) is 22.8 Å². The van der Waals surface area contributed by atoms with E-state index in [1.54, 1.807) is 6.07 Å². The lowest BCUT2D eigenvalue weighted by atomic mass is 10.0. The van der Waals surface area contributed by atoms with Crippen molar-refractivity contribution in [2.24, 2.45) is 5.92 Å². The molecule has 1 fully saturated rings. The van der Waals surface area contributed by atoms with Gasteiger partial charge in [0, 0.05) is 13.1 Å². The van der Waals surface area contributed by atoms with Crippen LogP contribution in [0.25, 0.3) is 0 Å². The first kappa shape index (κ1) is 12.6. The first-order valence-electron chi connectivity index (χ1n) is 6.12. The van der Waals surface area contributed by atoms with Crippen LogP contribution >= 0.6 is 15.9 Å². The molecule has 0 aromatic carbocycles. The SMILES string of the molecule is CCCC1CCN(C(=O)c2cccc(Br)n2)C1. The van der Waals surface area contributed by atoms with Crippen LogP contribution in [0.4, 0.5) is 0 Å². The normalized spacial score (nSPS) is 19.6. The smallest absolute Gasteiger partial charge is 0.272 e. The number of carbonyl (C=O) groups excluding carboxylic acids is 1.